The molecule has 2 N–H and O–H groups in total. The Morgan fingerprint density at radius 3 is 2.56 bits per heavy atom. The smallest absolute Gasteiger partial charge is 0.439 e. The zero-order chi connectivity index (χ0) is 28.1. The van der Waals surface area contributed by atoms with Gasteiger partial charge in [-0.1, -0.05) is 16.8 Å². The van der Waals surface area contributed by atoms with Gasteiger partial charge in [-0.05, 0) is 44.2 Å². The fraction of sp³-hybridized carbons (Fsp3) is 0.160. The van der Waals surface area contributed by atoms with Gasteiger partial charge in [0, 0.05) is 22.9 Å². The molecule has 0 saturated carbocycles. The van der Waals surface area contributed by atoms with Gasteiger partial charge in [0.2, 0.25) is 5.82 Å². The molecule has 0 spiro atoms. The molecule has 0 amide bonds. The first kappa shape index (κ1) is 26.1. The first-order chi connectivity index (χ1) is 18.4. The van der Waals surface area contributed by atoms with Crippen LogP contribution in [0.3, 0.4) is 0 Å². The quantitative estimate of drug-likeness (QED) is 0.201. The summed E-state index contributed by atoms with van der Waals surface area (Å²) >= 11 is 6.00. The minimum atomic E-state index is -4.78. The monoisotopic (exact) mass is 561 g/mol. The fourth-order valence-corrected chi connectivity index (χ4v) is 4.24. The van der Waals surface area contributed by atoms with Crippen molar-refractivity contribution in [1.29, 1.82) is 0 Å². The molecule has 0 aliphatic heterocycles. The molecule has 4 aromatic heterocycles. The SMILES string of the molecule is Cc1c(-c2cncc(F)c2)oc2c(C(C)Nc3ccc(Cl)nc3-c3noc(=O)[nH]3)cc(C(F)(F)F)cc2c1=O. The van der Waals surface area contributed by atoms with Crippen molar-refractivity contribution in [2.45, 2.75) is 26.1 Å². The molecular formula is C25H16ClF4N5O4. The van der Waals surface area contributed by atoms with Gasteiger partial charge in [-0.3, -0.25) is 19.3 Å². The number of aromatic nitrogens is 4. The maximum atomic E-state index is 13.9. The summed E-state index contributed by atoms with van der Waals surface area (Å²) in [7, 11) is 0. The van der Waals surface area contributed by atoms with Crippen molar-refractivity contribution < 1.29 is 26.5 Å². The molecule has 0 fully saturated rings. The third-order valence-corrected chi connectivity index (χ3v) is 6.12. The third-order valence-electron chi connectivity index (χ3n) is 5.91. The molecule has 200 valence electrons. The van der Waals surface area contributed by atoms with Crippen LogP contribution >= 0.6 is 11.6 Å². The van der Waals surface area contributed by atoms with E-state index in [1.165, 1.54) is 32.2 Å². The van der Waals surface area contributed by atoms with E-state index in [0.29, 0.717) is 6.07 Å². The second-order valence-electron chi connectivity index (χ2n) is 8.56. The highest BCUT2D eigenvalue weighted by Gasteiger charge is 2.33. The highest BCUT2D eigenvalue weighted by atomic mass is 35.5. The number of H-pyrrole nitrogens is 1. The number of anilines is 1. The Morgan fingerprint density at radius 1 is 1.13 bits per heavy atom. The van der Waals surface area contributed by atoms with Crippen molar-refractivity contribution >= 4 is 28.3 Å². The average Bonchev–Trinajstić information content (AvgIpc) is 3.32. The summed E-state index contributed by atoms with van der Waals surface area (Å²) in [4.78, 5) is 35.0. The maximum Gasteiger partial charge on any atom is 0.439 e. The van der Waals surface area contributed by atoms with Gasteiger partial charge in [0.15, 0.2) is 5.43 Å². The van der Waals surface area contributed by atoms with E-state index in [1.54, 1.807) is 0 Å². The van der Waals surface area contributed by atoms with Crippen LogP contribution in [-0.4, -0.2) is 20.1 Å². The minimum absolute atomic E-state index is 0.0139. The Balaban J connectivity index is 1.71. The molecule has 5 rings (SSSR count). The lowest BCUT2D eigenvalue weighted by molar-refractivity contribution is -0.137. The average molecular weight is 562 g/mol. The van der Waals surface area contributed by atoms with Gasteiger partial charge in [0.05, 0.1) is 28.9 Å². The van der Waals surface area contributed by atoms with Crippen LogP contribution < -0.4 is 16.5 Å². The molecule has 4 heterocycles. The largest absolute Gasteiger partial charge is 0.455 e. The maximum absolute atomic E-state index is 13.9. The molecule has 0 aliphatic rings. The molecule has 0 bridgehead atoms. The normalized spacial score (nSPS) is 12.6. The number of nitrogens with zero attached hydrogens (tertiary/aromatic N) is 3. The van der Waals surface area contributed by atoms with Crippen LogP contribution in [0, 0.1) is 12.7 Å². The summed E-state index contributed by atoms with van der Waals surface area (Å²) in [6.45, 7) is 2.90. The predicted molar refractivity (Wildman–Crippen MR) is 133 cm³/mol. The predicted octanol–water partition coefficient (Wildman–Crippen LogP) is 5.89. The Kier molecular flexibility index (Phi) is 6.46. The van der Waals surface area contributed by atoms with E-state index in [1.807, 2.05) is 0 Å². The van der Waals surface area contributed by atoms with Gasteiger partial charge in [-0.2, -0.15) is 13.2 Å². The summed E-state index contributed by atoms with van der Waals surface area (Å²) in [5, 5.41) is 6.33. The van der Waals surface area contributed by atoms with Gasteiger partial charge in [-0.15, -0.1) is 0 Å². The molecule has 9 nitrogen and oxygen atoms in total. The molecule has 0 saturated heterocycles. The zero-order valence-corrected chi connectivity index (χ0v) is 20.7. The summed E-state index contributed by atoms with van der Waals surface area (Å²) in [5.74, 6) is -1.66. The van der Waals surface area contributed by atoms with Gasteiger partial charge in [0.1, 0.15) is 28.0 Å². The van der Waals surface area contributed by atoms with Crippen molar-refractivity contribution in [3.63, 3.8) is 0 Å². The molecule has 14 heteroatoms. The van der Waals surface area contributed by atoms with Gasteiger partial charge in [-0.25, -0.2) is 14.2 Å². The lowest BCUT2D eigenvalue weighted by Crippen LogP contribution is -2.15. The number of rotatable bonds is 5. The van der Waals surface area contributed by atoms with E-state index >= 15 is 0 Å². The summed E-state index contributed by atoms with van der Waals surface area (Å²) in [5.41, 5.74) is -1.55. The number of hydrogen-bond acceptors (Lipinski definition) is 8. The van der Waals surface area contributed by atoms with Crippen LogP contribution in [0.25, 0.3) is 33.8 Å². The van der Waals surface area contributed by atoms with Crippen molar-refractivity contribution in [2.24, 2.45) is 0 Å². The van der Waals surface area contributed by atoms with Crippen molar-refractivity contribution in [2.75, 3.05) is 5.32 Å². The highest BCUT2D eigenvalue weighted by molar-refractivity contribution is 6.29. The van der Waals surface area contributed by atoms with E-state index in [4.69, 9.17) is 16.0 Å². The molecule has 0 aliphatic carbocycles. The standard InChI is InChI=1S/C25H16ClF4N5O4/c1-10-20(36)16-7-13(25(28,29)30)6-15(22(16)38-21(10)12-5-14(27)9-31-8-12)11(2)32-17-3-4-18(26)33-19(17)23-34-24(37)39-35-23/h3-9,11,32H,1-2H3,(H,34,35,37). The number of benzene rings is 1. The van der Waals surface area contributed by atoms with E-state index in [9.17, 15) is 27.2 Å². The van der Waals surface area contributed by atoms with Crippen LogP contribution in [0.15, 0.2) is 61.3 Å². The molecule has 0 radical (unpaired) electrons. The minimum Gasteiger partial charge on any atom is -0.455 e. The molecular weight excluding hydrogens is 546 g/mol. The molecule has 1 atom stereocenters. The molecule has 5 aromatic rings. The lowest BCUT2D eigenvalue weighted by Gasteiger charge is -2.21. The molecule has 1 aromatic carbocycles. The summed E-state index contributed by atoms with van der Waals surface area (Å²) in [6.07, 6.45) is -2.54. The Bertz CT molecular complexity index is 1850. The van der Waals surface area contributed by atoms with Crippen molar-refractivity contribution in [3.05, 3.63) is 91.2 Å². The van der Waals surface area contributed by atoms with Gasteiger partial charge in [0.25, 0.3) is 0 Å². The second kappa shape index (κ2) is 9.66. The Morgan fingerprint density at radius 2 is 1.90 bits per heavy atom. The van der Waals surface area contributed by atoms with Crippen molar-refractivity contribution in [1.82, 2.24) is 20.1 Å². The van der Waals surface area contributed by atoms with E-state index in [2.05, 4.69) is 29.9 Å². The van der Waals surface area contributed by atoms with Crippen molar-refractivity contribution in [3.8, 4) is 22.8 Å². The number of halogens is 5. The lowest BCUT2D eigenvalue weighted by atomic mass is 9.98. The third kappa shape index (κ3) is 5.00. The Labute approximate surface area is 220 Å². The molecule has 1 unspecified atom stereocenters. The Hall–Kier alpha value is -4.52. The highest BCUT2D eigenvalue weighted by Crippen LogP contribution is 2.38. The fourth-order valence-electron chi connectivity index (χ4n) is 4.09. The van der Waals surface area contributed by atoms with Crippen LogP contribution in [0.2, 0.25) is 5.15 Å². The number of hydrogen-bond donors (Lipinski definition) is 2. The second-order valence-corrected chi connectivity index (χ2v) is 8.94. The van der Waals surface area contributed by atoms with Gasteiger partial charge < -0.3 is 9.73 Å². The molecule has 39 heavy (non-hydrogen) atoms. The summed E-state index contributed by atoms with van der Waals surface area (Å²) in [6, 6.07) is 4.63. The number of pyridine rings is 2. The van der Waals surface area contributed by atoms with E-state index in [0.717, 1.165) is 18.3 Å². The van der Waals surface area contributed by atoms with Gasteiger partial charge >= 0.3 is 11.9 Å². The number of aromatic amines is 1. The van der Waals surface area contributed by atoms with Crippen LogP contribution in [-0.2, 0) is 6.18 Å². The van der Waals surface area contributed by atoms with Crippen LogP contribution in [0.5, 0.6) is 0 Å². The summed E-state index contributed by atoms with van der Waals surface area (Å²) < 4.78 is 66.0. The number of fused-ring (bicyclic) bond motifs is 1. The first-order valence-electron chi connectivity index (χ1n) is 11.2. The number of nitrogens with one attached hydrogen (secondary N) is 2. The topological polar surface area (TPSA) is 127 Å². The number of alkyl halides is 3. The van der Waals surface area contributed by atoms with E-state index in [-0.39, 0.29) is 55.8 Å². The van der Waals surface area contributed by atoms with Crippen LogP contribution in [0.4, 0.5) is 23.2 Å². The van der Waals surface area contributed by atoms with E-state index < -0.39 is 34.8 Å². The zero-order valence-electron chi connectivity index (χ0n) is 20.0. The first-order valence-corrected chi connectivity index (χ1v) is 11.6. The van der Waals surface area contributed by atoms with Crippen LogP contribution in [0.1, 0.15) is 29.7 Å².